The SMILES string of the molecule is Cc1cc(Br)ccc1Oc1cc(F)cc(CNC2CC2)c1. The van der Waals surface area contributed by atoms with Gasteiger partial charge in [0.1, 0.15) is 17.3 Å². The summed E-state index contributed by atoms with van der Waals surface area (Å²) in [6.45, 7) is 2.65. The first-order valence-corrected chi connectivity index (χ1v) is 7.86. The van der Waals surface area contributed by atoms with Crippen molar-refractivity contribution in [1.82, 2.24) is 5.32 Å². The Bertz CT molecular complexity index is 655. The van der Waals surface area contributed by atoms with Crippen molar-refractivity contribution >= 4 is 15.9 Å². The van der Waals surface area contributed by atoms with E-state index in [1.54, 1.807) is 6.07 Å². The monoisotopic (exact) mass is 349 g/mol. The Labute approximate surface area is 132 Å². The van der Waals surface area contributed by atoms with Crippen LogP contribution < -0.4 is 10.1 Å². The molecule has 1 N–H and O–H groups in total. The fraction of sp³-hybridized carbons (Fsp3) is 0.294. The number of rotatable bonds is 5. The minimum atomic E-state index is -0.269. The lowest BCUT2D eigenvalue weighted by atomic mass is 10.2. The Kier molecular flexibility index (Phi) is 4.27. The molecule has 0 saturated heterocycles. The second kappa shape index (κ2) is 6.16. The Balaban J connectivity index is 1.77. The first kappa shape index (κ1) is 14.5. The summed E-state index contributed by atoms with van der Waals surface area (Å²) in [7, 11) is 0. The lowest BCUT2D eigenvalue weighted by Crippen LogP contribution is -2.15. The molecule has 3 rings (SSSR count). The summed E-state index contributed by atoms with van der Waals surface area (Å²) in [5.41, 5.74) is 1.91. The van der Waals surface area contributed by atoms with E-state index in [1.165, 1.54) is 18.9 Å². The van der Waals surface area contributed by atoms with Gasteiger partial charge in [-0.1, -0.05) is 15.9 Å². The van der Waals surface area contributed by atoms with E-state index in [2.05, 4.69) is 21.2 Å². The van der Waals surface area contributed by atoms with Gasteiger partial charge >= 0.3 is 0 Å². The lowest BCUT2D eigenvalue weighted by molar-refractivity contribution is 0.471. The zero-order valence-corrected chi connectivity index (χ0v) is 13.4. The molecule has 1 fully saturated rings. The minimum absolute atomic E-state index is 0.269. The van der Waals surface area contributed by atoms with Crippen LogP contribution in [0.4, 0.5) is 4.39 Å². The van der Waals surface area contributed by atoms with E-state index in [0.717, 1.165) is 21.3 Å². The van der Waals surface area contributed by atoms with Gasteiger partial charge in [-0.2, -0.15) is 0 Å². The number of halogens is 2. The molecule has 4 heteroatoms. The number of aryl methyl sites for hydroxylation is 1. The third-order valence-electron chi connectivity index (χ3n) is 3.47. The third-order valence-corrected chi connectivity index (χ3v) is 3.96. The fourth-order valence-electron chi connectivity index (χ4n) is 2.19. The van der Waals surface area contributed by atoms with Crippen LogP contribution in [0.5, 0.6) is 11.5 Å². The van der Waals surface area contributed by atoms with Gasteiger partial charge in [-0.3, -0.25) is 0 Å². The van der Waals surface area contributed by atoms with E-state index in [-0.39, 0.29) is 5.82 Å². The molecule has 1 saturated carbocycles. The van der Waals surface area contributed by atoms with Crippen molar-refractivity contribution in [2.24, 2.45) is 0 Å². The normalized spacial score (nSPS) is 14.2. The maximum atomic E-state index is 13.7. The molecule has 0 radical (unpaired) electrons. The molecule has 0 aliphatic heterocycles. The lowest BCUT2D eigenvalue weighted by Gasteiger charge is -2.11. The Morgan fingerprint density at radius 1 is 1.24 bits per heavy atom. The number of hydrogen-bond donors (Lipinski definition) is 1. The molecule has 2 nitrogen and oxygen atoms in total. The van der Waals surface area contributed by atoms with Gasteiger partial charge in [-0.15, -0.1) is 0 Å². The highest BCUT2D eigenvalue weighted by Gasteiger charge is 2.20. The fourth-order valence-corrected chi connectivity index (χ4v) is 2.66. The summed E-state index contributed by atoms with van der Waals surface area (Å²) in [5, 5.41) is 3.38. The summed E-state index contributed by atoms with van der Waals surface area (Å²) in [6.07, 6.45) is 2.44. The van der Waals surface area contributed by atoms with E-state index in [0.29, 0.717) is 18.3 Å². The first-order chi connectivity index (χ1) is 10.1. The maximum Gasteiger partial charge on any atom is 0.130 e. The molecule has 21 heavy (non-hydrogen) atoms. The van der Waals surface area contributed by atoms with Crippen LogP contribution >= 0.6 is 15.9 Å². The van der Waals surface area contributed by atoms with Crippen molar-refractivity contribution in [2.45, 2.75) is 32.4 Å². The van der Waals surface area contributed by atoms with Crippen LogP contribution in [-0.2, 0) is 6.54 Å². The molecule has 0 spiro atoms. The molecule has 2 aromatic rings. The van der Waals surface area contributed by atoms with Crippen LogP contribution in [0.25, 0.3) is 0 Å². The van der Waals surface area contributed by atoms with Crippen molar-refractivity contribution in [2.75, 3.05) is 0 Å². The quantitative estimate of drug-likeness (QED) is 0.825. The molecule has 0 amide bonds. The summed E-state index contributed by atoms with van der Waals surface area (Å²) < 4.78 is 20.5. The predicted molar refractivity (Wildman–Crippen MR) is 85.2 cm³/mol. The van der Waals surface area contributed by atoms with Gasteiger partial charge < -0.3 is 10.1 Å². The molecule has 0 heterocycles. The van der Waals surface area contributed by atoms with Crippen molar-refractivity contribution in [3.05, 3.63) is 57.8 Å². The molecule has 0 unspecified atom stereocenters. The molecule has 1 aliphatic carbocycles. The van der Waals surface area contributed by atoms with Crippen LogP contribution in [0, 0.1) is 12.7 Å². The van der Waals surface area contributed by atoms with E-state index in [9.17, 15) is 4.39 Å². The summed E-state index contributed by atoms with van der Waals surface area (Å²) in [4.78, 5) is 0. The maximum absolute atomic E-state index is 13.7. The van der Waals surface area contributed by atoms with Crippen molar-refractivity contribution in [3.8, 4) is 11.5 Å². The van der Waals surface area contributed by atoms with Crippen LogP contribution in [-0.4, -0.2) is 6.04 Å². The standard InChI is InChI=1S/C17H17BrFNO/c1-11-6-13(18)2-5-17(11)21-16-8-12(7-14(19)9-16)10-20-15-3-4-15/h2,5-9,15,20H,3-4,10H2,1H3. The average molecular weight is 350 g/mol. The second-order valence-corrected chi connectivity index (χ2v) is 6.38. The molecule has 0 atom stereocenters. The highest BCUT2D eigenvalue weighted by Crippen LogP contribution is 2.29. The van der Waals surface area contributed by atoms with Crippen molar-refractivity contribution in [3.63, 3.8) is 0 Å². The molecule has 110 valence electrons. The minimum Gasteiger partial charge on any atom is -0.457 e. The Hall–Kier alpha value is -1.39. The molecule has 0 bridgehead atoms. The molecule has 1 aliphatic rings. The van der Waals surface area contributed by atoms with E-state index >= 15 is 0 Å². The summed E-state index contributed by atoms with van der Waals surface area (Å²) in [6, 6.07) is 11.2. The van der Waals surface area contributed by atoms with E-state index in [1.807, 2.05) is 31.2 Å². The van der Waals surface area contributed by atoms with Gasteiger partial charge in [0.05, 0.1) is 0 Å². The molecular weight excluding hydrogens is 333 g/mol. The Morgan fingerprint density at radius 2 is 2.05 bits per heavy atom. The second-order valence-electron chi connectivity index (χ2n) is 5.46. The smallest absolute Gasteiger partial charge is 0.130 e. The van der Waals surface area contributed by atoms with Gasteiger partial charge in [-0.25, -0.2) is 4.39 Å². The highest BCUT2D eigenvalue weighted by atomic mass is 79.9. The van der Waals surface area contributed by atoms with Crippen LogP contribution in [0.2, 0.25) is 0 Å². The van der Waals surface area contributed by atoms with Gasteiger partial charge in [0.2, 0.25) is 0 Å². The van der Waals surface area contributed by atoms with Crippen molar-refractivity contribution < 1.29 is 9.13 Å². The largest absolute Gasteiger partial charge is 0.457 e. The van der Waals surface area contributed by atoms with Crippen LogP contribution in [0.3, 0.4) is 0 Å². The topological polar surface area (TPSA) is 21.3 Å². The van der Waals surface area contributed by atoms with Gasteiger partial charge in [0.25, 0.3) is 0 Å². The van der Waals surface area contributed by atoms with Gasteiger partial charge in [-0.05, 0) is 61.2 Å². The molecule has 2 aromatic carbocycles. The van der Waals surface area contributed by atoms with Crippen LogP contribution in [0.1, 0.15) is 24.0 Å². The average Bonchev–Trinajstić information content (AvgIpc) is 3.23. The number of benzene rings is 2. The highest BCUT2D eigenvalue weighted by molar-refractivity contribution is 9.10. The summed E-state index contributed by atoms with van der Waals surface area (Å²) >= 11 is 3.42. The predicted octanol–water partition coefficient (Wildman–Crippen LogP) is 4.94. The zero-order valence-electron chi connectivity index (χ0n) is 11.8. The van der Waals surface area contributed by atoms with Gasteiger partial charge in [0, 0.05) is 23.1 Å². The van der Waals surface area contributed by atoms with Gasteiger partial charge in [0.15, 0.2) is 0 Å². The summed E-state index contributed by atoms with van der Waals surface area (Å²) in [5.74, 6) is 1.01. The Morgan fingerprint density at radius 3 is 2.76 bits per heavy atom. The molecule has 0 aromatic heterocycles. The van der Waals surface area contributed by atoms with E-state index in [4.69, 9.17) is 4.74 Å². The van der Waals surface area contributed by atoms with E-state index < -0.39 is 0 Å². The van der Waals surface area contributed by atoms with Crippen LogP contribution in [0.15, 0.2) is 40.9 Å². The van der Waals surface area contributed by atoms with Crippen molar-refractivity contribution in [1.29, 1.82) is 0 Å². The zero-order chi connectivity index (χ0) is 14.8. The third kappa shape index (κ3) is 4.05. The number of hydrogen-bond acceptors (Lipinski definition) is 2. The molecular formula is C17H17BrFNO. The first-order valence-electron chi connectivity index (χ1n) is 7.07. The number of ether oxygens (including phenoxy) is 1. The number of nitrogens with one attached hydrogen (secondary N) is 1.